The highest BCUT2D eigenvalue weighted by atomic mass is 19.4. The molecule has 0 N–H and O–H groups in total. The van der Waals surface area contributed by atoms with E-state index in [2.05, 4.69) is 9.89 Å². The van der Waals surface area contributed by atoms with Crippen molar-refractivity contribution in [1.29, 1.82) is 0 Å². The summed E-state index contributed by atoms with van der Waals surface area (Å²) in [6.07, 6.45) is 1.66. The van der Waals surface area contributed by atoms with Gasteiger partial charge in [0.1, 0.15) is 0 Å². The number of halogens is 3. The van der Waals surface area contributed by atoms with Crippen molar-refractivity contribution in [1.82, 2.24) is 9.80 Å². The van der Waals surface area contributed by atoms with Crippen LogP contribution in [0.3, 0.4) is 0 Å². The average molecular weight is 291 g/mol. The lowest BCUT2D eigenvalue weighted by Crippen LogP contribution is -2.63. The van der Waals surface area contributed by atoms with Gasteiger partial charge in [-0.15, -0.1) is 0 Å². The molecule has 0 amide bonds. The molecule has 0 radical (unpaired) electrons. The van der Waals surface area contributed by atoms with Crippen molar-refractivity contribution in [3.63, 3.8) is 0 Å². The highest BCUT2D eigenvalue weighted by molar-refractivity contribution is 5.61. The third-order valence-corrected chi connectivity index (χ3v) is 4.42. The molecule has 2 aliphatic rings. The molecule has 1 aliphatic heterocycles. The van der Waals surface area contributed by atoms with E-state index in [9.17, 15) is 13.2 Å². The average Bonchev–Trinajstić information content (AvgIpc) is 2.33. The van der Waals surface area contributed by atoms with Crippen LogP contribution < -0.4 is 0 Å². The van der Waals surface area contributed by atoms with Crippen LogP contribution in [0.25, 0.3) is 0 Å². The summed E-state index contributed by atoms with van der Waals surface area (Å²) in [6, 6.07) is 0.0326. The lowest BCUT2D eigenvalue weighted by Gasteiger charge is -2.49. The molecular weight excluding hydrogens is 267 g/mol. The molecule has 1 saturated heterocycles. The molecule has 1 heterocycles. The zero-order valence-corrected chi connectivity index (χ0v) is 12.2. The molecular formula is C14H24F3N3. The maximum absolute atomic E-state index is 12.9. The van der Waals surface area contributed by atoms with E-state index in [4.69, 9.17) is 0 Å². The fraction of sp³-hybridized carbons (Fsp3) is 0.929. The molecule has 0 aromatic carbocycles. The summed E-state index contributed by atoms with van der Waals surface area (Å²) >= 11 is 0. The fourth-order valence-electron chi connectivity index (χ4n) is 3.52. The van der Waals surface area contributed by atoms with Gasteiger partial charge in [0.25, 0.3) is 0 Å². The number of likely N-dealkylation sites (tertiary alicyclic amines) is 1. The second kappa shape index (κ2) is 6.43. The van der Waals surface area contributed by atoms with E-state index in [1.54, 1.807) is 11.9 Å². The maximum Gasteiger partial charge on any atom is 0.401 e. The number of likely N-dealkylation sites (N-methyl/N-ethyl adjacent to an activating group) is 1. The van der Waals surface area contributed by atoms with Crippen molar-refractivity contribution in [2.75, 3.05) is 33.7 Å². The lowest BCUT2D eigenvalue weighted by atomic mass is 9.83. The summed E-state index contributed by atoms with van der Waals surface area (Å²) in [6.45, 7) is 0.690. The molecule has 6 heteroatoms. The first-order valence-corrected chi connectivity index (χ1v) is 7.34. The van der Waals surface area contributed by atoms with Gasteiger partial charge < -0.3 is 9.89 Å². The molecule has 0 aromatic rings. The minimum atomic E-state index is -4.13. The van der Waals surface area contributed by atoms with Crippen molar-refractivity contribution >= 4 is 6.21 Å². The van der Waals surface area contributed by atoms with Crippen LogP contribution in [0, 0.1) is 5.92 Å². The minimum Gasteiger partial charge on any atom is -0.303 e. The summed E-state index contributed by atoms with van der Waals surface area (Å²) in [4.78, 5) is 7.83. The number of hydrogen-bond donors (Lipinski definition) is 0. The Morgan fingerprint density at radius 2 is 1.90 bits per heavy atom. The van der Waals surface area contributed by atoms with Crippen LogP contribution in [0.15, 0.2) is 4.99 Å². The molecule has 1 aliphatic carbocycles. The molecule has 2 atom stereocenters. The molecule has 2 rings (SSSR count). The van der Waals surface area contributed by atoms with Gasteiger partial charge in [-0.05, 0) is 19.9 Å². The summed E-state index contributed by atoms with van der Waals surface area (Å²) in [5.41, 5.74) is 0. The van der Waals surface area contributed by atoms with Crippen molar-refractivity contribution < 1.29 is 13.2 Å². The number of aliphatic imine (C=N–C) groups is 1. The summed E-state index contributed by atoms with van der Waals surface area (Å²) in [5, 5.41) is 0. The van der Waals surface area contributed by atoms with Crippen LogP contribution in [0.5, 0.6) is 0 Å². The predicted molar refractivity (Wildman–Crippen MR) is 74.2 cm³/mol. The van der Waals surface area contributed by atoms with E-state index in [0.29, 0.717) is 0 Å². The Hall–Kier alpha value is -0.620. The molecule has 1 unspecified atom stereocenters. The first-order chi connectivity index (χ1) is 9.40. The highest BCUT2D eigenvalue weighted by Gasteiger charge is 2.43. The van der Waals surface area contributed by atoms with E-state index in [1.807, 2.05) is 13.3 Å². The Morgan fingerprint density at radius 1 is 1.25 bits per heavy atom. The number of alkyl halides is 3. The molecule has 2 fully saturated rings. The van der Waals surface area contributed by atoms with Gasteiger partial charge in [-0.25, -0.2) is 0 Å². The Kier molecular flexibility index (Phi) is 5.07. The van der Waals surface area contributed by atoms with Crippen LogP contribution in [-0.4, -0.2) is 68.0 Å². The minimum absolute atomic E-state index is 0.00669. The molecule has 0 bridgehead atoms. The normalized spacial score (nSPS) is 30.1. The Morgan fingerprint density at radius 3 is 2.45 bits per heavy atom. The zero-order valence-electron chi connectivity index (χ0n) is 12.2. The van der Waals surface area contributed by atoms with Crippen molar-refractivity contribution in [3.05, 3.63) is 0 Å². The van der Waals surface area contributed by atoms with E-state index >= 15 is 0 Å². The van der Waals surface area contributed by atoms with Crippen molar-refractivity contribution in [2.24, 2.45) is 10.9 Å². The molecule has 20 heavy (non-hydrogen) atoms. The van der Waals surface area contributed by atoms with Gasteiger partial charge in [0.05, 0.1) is 6.54 Å². The number of nitrogens with zero attached hydrogens (tertiary/aromatic N) is 3. The molecule has 0 spiro atoms. The summed E-state index contributed by atoms with van der Waals surface area (Å²) in [5.74, 6) is 0.169. The van der Waals surface area contributed by atoms with Crippen LogP contribution in [0.4, 0.5) is 13.2 Å². The largest absolute Gasteiger partial charge is 0.401 e. The van der Waals surface area contributed by atoms with E-state index < -0.39 is 12.7 Å². The van der Waals surface area contributed by atoms with E-state index in [-0.39, 0.29) is 18.0 Å². The topological polar surface area (TPSA) is 18.8 Å². The van der Waals surface area contributed by atoms with Crippen LogP contribution in [0.2, 0.25) is 0 Å². The van der Waals surface area contributed by atoms with Crippen molar-refractivity contribution in [2.45, 2.75) is 43.9 Å². The smallest absolute Gasteiger partial charge is 0.303 e. The zero-order chi connectivity index (χ0) is 14.8. The number of rotatable bonds is 4. The monoisotopic (exact) mass is 291 g/mol. The number of hydrogen-bond acceptors (Lipinski definition) is 3. The Bertz CT molecular complexity index is 337. The second-order valence-corrected chi connectivity index (χ2v) is 6.09. The van der Waals surface area contributed by atoms with Crippen LogP contribution in [-0.2, 0) is 0 Å². The van der Waals surface area contributed by atoms with Gasteiger partial charge in [-0.2, -0.15) is 13.2 Å². The third kappa shape index (κ3) is 3.95. The second-order valence-electron chi connectivity index (χ2n) is 6.09. The lowest BCUT2D eigenvalue weighted by molar-refractivity contribution is -0.167. The molecule has 0 aromatic heterocycles. The third-order valence-electron chi connectivity index (χ3n) is 4.42. The van der Waals surface area contributed by atoms with Gasteiger partial charge in [0, 0.05) is 44.4 Å². The van der Waals surface area contributed by atoms with Gasteiger partial charge in [-0.3, -0.25) is 4.90 Å². The van der Waals surface area contributed by atoms with Crippen LogP contribution >= 0.6 is 0 Å². The maximum atomic E-state index is 12.9. The SMILES string of the molecule is CN=CC1CCCC[C@@H]1N(CC(F)(F)F)C1CN(C)C1. The molecule has 3 nitrogen and oxygen atoms in total. The first-order valence-electron chi connectivity index (χ1n) is 7.34. The summed E-state index contributed by atoms with van der Waals surface area (Å²) < 4.78 is 38.7. The summed E-state index contributed by atoms with van der Waals surface area (Å²) in [7, 11) is 3.66. The van der Waals surface area contributed by atoms with Crippen molar-refractivity contribution in [3.8, 4) is 0 Å². The van der Waals surface area contributed by atoms with Gasteiger partial charge in [0.15, 0.2) is 0 Å². The Labute approximate surface area is 118 Å². The van der Waals surface area contributed by atoms with Gasteiger partial charge >= 0.3 is 6.18 Å². The quantitative estimate of drug-likeness (QED) is 0.741. The van der Waals surface area contributed by atoms with Gasteiger partial charge in [0.2, 0.25) is 0 Å². The predicted octanol–water partition coefficient (Wildman–Crippen LogP) is 2.42. The highest BCUT2D eigenvalue weighted by Crippen LogP contribution is 2.33. The first kappa shape index (κ1) is 15.8. The molecule has 1 saturated carbocycles. The fourth-order valence-corrected chi connectivity index (χ4v) is 3.52. The Balaban J connectivity index is 2.10. The van der Waals surface area contributed by atoms with Gasteiger partial charge in [-0.1, -0.05) is 12.8 Å². The standard InChI is InChI=1S/C14H24F3N3/c1-18-7-11-5-3-4-6-13(11)20(10-14(15,16)17)12-8-19(2)9-12/h7,11-13H,3-6,8-10H2,1-2H3/t11?,13-/m0/s1. The van der Waals surface area contributed by atoms with E-state index in [1.165, 1.54) is 0 Å². The van der Waals surface area contributed by atoms with E-state index in [0.717, 1.165) is 38.8 Å². The van der Waals surface area contributed by atoms with Crippen LogP contribution in [0.1, 0.15) is 25.7 Å². The molecule has 116 valence electrons.